The average Bonchev–Trinajstić information content (AvgIpc) is 2.33. The summed E-state index contributed by atoms with van der Waals surface area (Å²) in [6, 6.07) is 10.5. The smallest absolute Gasteiger partial charge is 0.255 e. The molecule has 0 radical (unpaired) electrons. The van der Waals surface area contributed by atoms with E-state index in [2.05, 4.69) is 21.2 Å². The van der Waals surface area contributed by atoms with Crippen LogP contribution in [0.5, 0.6) is 5.75 Å². The number of phenols is 1. The van der Waals surface area contributed by atoms with Crippen molar-refractivity contribution in [2.75, 3.05) is 5.32 Å². The summed E-state index contributed by atoms with van der Waals surface area (Å²) >= 11 is 3.41. The third-order valence-corrected chi connectivity index (χ3v) is 3.52. The van der Waals surface area contributed by atoms with Crippen LogP contribution in [0.15, 0.2) is 40.9 Å². The Morgan fingerprint density at radius 2 is 1.89 bits per heavy atom. The summed E-state index contributed by atoms with van der Waals surface area (Å²) in [6.45, 7) is 3.76. The number of hydrogen-bond acceptors (Lipinski definition) is 2. The van der Waals surface area contributed by atoms with Crippen LogP contribution in [0.1, 0.15) is 21.5 Å². The average molecular weight is 320 g/mol. The van der Waals surface area contributed by atoms with Crippen LogP contribution in [-0.2, 0) is 0 Å². The molecule has 19 heavy (non-hydrogen) atoms. The topological polar surface area (TPSA) is 49.3 Å². The molecule has 98 valence electrons. The van der Waals surface area contributed by atoms with Gasteiger partial charge in [-0.2, -0.15) is 0 Å². The van der Waals surface area contributed by atoms with Gasteiger partial charge in [0.25, 0.3) is 5.91 Å². The molecule has 0 saturated heterocycles. The molecule has 0 aliphatic rings. The predicted molar refractivity (Wildman–Crippen MR) is 79.7 cm³/mol. The first kappa shape index (κ1) is 13.6. The highest BCUT2D eigenvalue weighted by Crippen LogP contribution is 2.24. The third kappa shape index (κ3) is 3.15. The molecule has 2 rings (SSSR count). The van der Waals surface area contributed by atoms with Crippen LogP contribution in [0, 0.1) is 13.8 Å². The van der Waals surface area contributed by atoms with Crippen molar-refractivity contribution in [2.24, 2.45) is 0 Å². The number of nitrogens with one attached hydrogen (secondary N) is 1. The SMILES string of the molecule is Cc1ccc(Br)c(NC(=O)c2ccc(O)cc2C)c1. The van der Waals surface area contributed by atoms with Gasteiger partial charge >= 0.3 is 0 Å². The minimum absolute atomic E-state index is 0.158. The van der Waals surface area contributed by atoms with Crippen molar-refractivity contribution in [1.29, 1.82) is 0 Å². The molecular weight excluding hydrogens is 306 g/mol. The van der Waals surface area contributed by atoms with E-state index >= 15 is 0 Å². The lowest BCUT2D eigenvalue weighted by Gasteiger charge is -2.10. The number of aromatic hydroxyl groups is 1. The van der Waals surface area contributed by atoms with E-state index in [9.17, 15) is 9.90 Å². The standard InChI is InChI=1S/C15H14BrNO2/c1-9-3-6-13(16)14(7-9)17-15(19)12-5-4-11(18)8-10(12)2/h3-8,18H,1-2H3,(H,17,19). The molecule has 0 aliphatic heterocycles. The lowest BCUT2D eigenvalue weighted by atomic mass is 10.1. The van der Waals surface area contributed by atoms with E-state index in [4.69, 9.17) is 0 Å². The van der Waals surface area contributed by atoms with Gasteiger partial charge in [-0.05, 0) is 71.2 Å². The largest absolute Gasteiger partial charge is 0.508 e. The first-order valence-corrected chi connectivity index (χ1v) is 6.64. The molecule has 4 heteroatoms. The molecule has 2 aromatic carbocycles. The Bertz CT molecular complexity index is 638. The van der Waals surface area contributed by atoms with Gasteiger partial charge in [0, 0.05) is 10.0 Å². The van der Waals surface area contributed by atoms with E-state index < -0.39 is 0 Å². The summed E-state index contributed by atoms with van der Waals surface area (Å²) in [4.78, 5) is 12.2. The zero-order chi connectivity index (χ0) is 14.0. The Balaban J connectivity index is 2.28. The lowest BCUT2D eigenvalue weighted by Crippen LogP contribution is -2.13. The van der Waals surface area contributed by atoms with Crippen LogP contribution in [0.2, 0.25) is 0 Å². The number of benzene rings is 2. The van der Waals surface area contributed by atoms with Crippen molar-refractivity contribution in [1.82, 2.24) is 0 Å². The van der Waals surface area contributed by atoms with Gasteiger partial charge in [0.1, 0.15) is 5.75 Å². The molecule has 0 heterocycles. The van der Waals surface area contributed by atoms with E-state index in [1.54, 1.807) is 19.1 Å². The highest BCUT2D eigenvalue weighted by atomic mass is 79.9. The maximum Gasteiger partial charge on any atom is 0.255 e. The second-order valence-electron chi connectivity index (χ2n) is 4.44. The Labute approximate surface area is 120 Å². The first-order valence-electron chi connectivity index (χ1n) is 5.84. The predicted octanol–water partition coefficient (Wildman–Crippen LogP) is 4.02. The fourth-order valence-corrected chi connectivity index (χ4v) is 2.17. The van der Waals surface area contributed by atoms with E-state index in [0.29, 0.717) is 5.56 Å². The van der Waals surface area contributed by atoms with Crippen molar-refractivity contribution >= 4 is 27.5 Å². The van der Waals surface area contributed by atoms with Crippen molar-refractivity contribution in [3.8, 4) is 5.75 Å². The van der Waals surface area contributed by atoms with Crippen LogP contribution < -0.4 is 5.32 Å². The molecule has 0 aliphatic carbocycles. The van der Waals surface area contributed by atoms with Gasteiger partial charge in [0.15, 0.2) is 0 Å². The molecular formula is C15H14BrNO2. The molecule has 2 N–H and O–H groups in total. The Morgan fingerprint density at radius 1 is 1.16 bits per heavy atom. The minimum Gasteiger partial charge on any atom is -0.508 e. The number of aryl methyl sites for hydroxylation is 2. The number of phenolic OH excluding ortho intramolecular Hbond substituents is 1. The fraction of sp³-hybridized carbons (Fsp3) is 0.133. The zero-order valence-electron chi connectivity index (χ0n) is 10.7. The van der Waals surface area contributed by atoms with E-state index in [0.717, 1.165) is 21.3 Å². The number of anilines is 1. The zero-order valence-corrected chi connectivity index (χ0v) is 12.3. The Hall–Kier alpha value is -1.81. The van der Waals surface area contributed by atoms with Crippen LogP contribution in [0.25, 0.3) is 0 Å². The van der Waals surface area contributed by atoms with Crippen molar-refractivity contribution in [3.05, 3.63) is 57.6 Å². The molecule has 1 amide bonds. The Morgan fingerprint density at radius 3 is 2.58 bits per heavy atom. The summed E-state index contributed by atoms with van der Waals surface area (Å²) in [5.41, 5.74) is 3.09. The normalized spacial score (nSPS) is 10.3. The summed E-state index contributed by atoms with van der Waals surface area (Å²) < 4.78 is 0.836. The van der Waals surface area contributed by atoms with Gasteiger partial charge in [-0.3, -0.25) is 4.79 Å². The molecule has 2 aromatic rings. The second kappa shape index (κ2) is 5.45. The van der Waals surface area contributed by atoms with Crippen molar-refractivity contribution < 1.29 is 9.90 Å². The van der Waals surface area contributed by atoms with Gasteiger partial charge in [-0.25, -0.2) is 0 Å². The van der Waals surface area contributed by atoms with Crippen LogP contribution in [0.3, 0.4) is 0 Å². The van der Waals surface area contributed by atoms with Gasteiger partial charge in [-0.1, -0.05) is 6.07 Å². The van der Waals surface area contributed by atoms with Crippen LogP contribution >= 0.6 is 15.9 Å². The maximum atomic E-state index is 12.2. The van der Waals surface area contributed by atoms with Gasteiger partial charge in [-0.15, -0.1) is 0 Å². The van der Waals surface area contributed by atoms with Gasteiger partial charge in [0.05, 0.1) is 5.69 Å². The molecule has 3 nitrogen and oxygen atoms in total. The van der Waals surface area contributed by atoms with Crippen molar-refractivity contribution in [2.45, 2.75) is 13.8 Å². The van der Waals surface area contributed by atoms with Gasteiger partial charge < -0.3 is 10.4 Å². The van der Waals surface area contributed by atoms with E-state index in [-0.39, 0.29) is 11.7 Å². The number of carbonyl (C=O) groups excluding carboxylic acids is 1. The molecule has 0 unspecified atom stereocenters. The molecule has 0 bridgehead atoms. The highest BCUT2D eigenvalue weighted by Gasteiger charge is 2.11. The molecule has 0 spiro atoms. The van der Waals surface area contributed by atoms with Gasteiger partial charge in [0.2, 0.25) is 0 Å². The number of halogens is 1. The van der Waals surface area contributed by atoms with Crippen LogP contribution in [0.4, 0.5) is 5.69 Å². The lowest BCUT2D eigenvalue weighted by molar-refractivity contribution is 0.102. The summed E-state index contributed by atoms with van der Waals surface area (Å²) in [5.74, 6) is -0.0328. The summed E-state index contributed by atoms with van der Waals surface area (Å²) in [6.07, 6.45) is 0. The number of amides is 1. The molecule has 0 saturated carbocycles. The first-order chi connectivity index (χ1) is 8.97. The number of hydrogen-bond donors (Lipinski definition) is 2. The van der Waals surface area contributed by atoms with E-state index in [1.807, 2.05) is 25.1 Å². The third-order valence-electron chi connectivity index (χ3n) is 2.82. The minimum atomic E-state index is -0.191. The summed E-state index contributed by atoms with van der Waals surface area (Å²) in [7, 11) is 0. The Kier molecular flexibility index (Phi) is 3.90. The fourth-order valence-electron chi connectivity index (χ4n) is 1.83. The molecule has 0 fully saturated rings. The molecule has 0 aromatic heterocycles. The number of rotatable bonds is 2. The molecule has 0 atom stereocenters. The summed E-state index contributed by atoms with van der Waals surface area (Å²) in [5, 5.41) is 12.2. The number of carbonyl (C=O) groups is 1. The highest BCUT2D eigenvalue weighted by molar-refractivity contribution is 9.10. The van der Waals surface area contributed by atoms with Crippen LogP contribution in [-0.4, -0.2) is 11.0 Å². The monoisotopic (exact) mass is 319 g/mol. The van der Waals surface area contributed by atoms with E-state index in [1.165, 1.54) is 6.07 Å². The van der Waals surface area contributed by atoms with Crippen molar-refractivity contribution in [3.63, 3.8) is 0 Å². The quantitative estimate of drug-likeness (QED) is 0.878. The maximum absolute atomic E-state index is 12.2. The second-order valence-corrected chi connectivity index (χ2v) is 5.29.